The number of esters is 1. The van der Waals surface area contributed by atoms with E-state index < -0.39 is 33.9 Å². The summed E-state index contributed by atoms with van der Waals surface area (Å²) in [5.41, 5.74) is 2.00. The van der Waals surface area contributed by atoms with E-state index in [1.54, 1.807) is 55.5 Å². The van der Waals surface area contributed by atoms with Crippen LogP contribution in [0.4, 0.5) is 0 Å². The third-order valence-corrected chi connectivity index (χ3v) is 6.77. The minimum absolute atomic E-state index is 0.0276. The summed E-state index contributed by atoms with van der Waals surface area (Å²) < 4.78 is 33.3. The largest absolute Gasteiger partial charge is 0.481 e. The fourth-order valence-electron chi connectivity index (χ4n) is 3.54. The highest BCUT2D eigenvalue weighted by Crippen LogP contribution is 2.22. The molecule has 0 heterocycles. The lowest BCUT2D eigenvalue weighted by molar-refractivity contribution is -0.138. The fraction of sp³-hybridized carbons (Fsp3) is 0.400. The Kier molecular flexibility index (Phi) is 10.4. The maximum atomic E-state index is 12.6. The Bertz CT molecular complexity index is 1070. The van der Waals surface area contributed by atoms with Gasteiger partial charge in [0.25, 0.3) is 0 Å². The number of nitrogens with one attached hydrogen (secondary N) is 2. The van der Waals surface area contributed by atoms with Crippen molar-refractivity contribution in [3.63, 3.8) is 0 Å². The van der Waals surface area contributed by atoms with Crippen molar-refractivity contribution in [2.45, 2.75) is 52.0 Å². The number of hydrogen-bond acceptors (Lipinski definition) is 6. The van der Waals surface area contributed by atoms with Gasteiger partial charge in [-0.25, -0.2) is 13.1 Å². The van der Waals surface area contributed by atoms with Crippen molar-refractivity contribution >= 4 is 27.7 Å². The van der Waals surface area contributed by atoms with Crippen LogP contribution in [0.3, 0.4) is 0 Å². The summed E-state index contributed by atoms with van der Waals surface area (Å²) in [6, 6.07) is 15.0. The SMILES string of the molecule is CCCC(=N)c1ccc(OC(=O)CCC(NS(=O)(=O)CC(C)CC(=O)O)c2ccccc2)cc1. The Balaban J connectivity index is 2.01. The Hall–Kier alpha value is -3.04. The Morgan fingerprint density at radius 1 is 1.06 bits per heavy atom. The molecule has 0 amide bonds. The second kappa shape index (κ2) is 13.0. The Morgan fingerprint density at radius 2 is 1.71 bits per heavy atom. The molecule has 2 unspecified atom stereocenters. The van der Waals surface area contributed by atoms with Gasteiger partial charge in [-0.15, -0.1) is 0 Å². The van der Waals surface area contributed by atoms with Gasteiger partial charge in [0.15, 0.2) is 0 Å². The van der Waals surface area contributed by atoms with Crippen LogP contribution in [0, 0.1) is 11.3 Å². The zero-order chi connectivity index (χ0) is 25.1. The molecule has 3 N–H and O–H groups in total. The molecule has 0 aliphatic carbocycles. The summed E-state index contributed by atoms with van der Waals surface area (Å²) in [5.74, 6) is -2.08. The fourth-order valence-corrected chi connectivity index (χ4v) is 5.19. The van der Waals surface area contributed by atoms with Gasteiger partial charge in [-0.05, 0) is 54.2 Å². The molecule has 0 aromatic heterocycles. The molecule has 0 aliphatic heterocycles. The number of aliphatic carboxylic acids is 1. The third-order valence-electron chi connectivity index (χ3n) is 5.12. The number of sulfonamides is 1. The van der Waals surface area contributed by atoms with Crippen molar-refractivity contribution in [1.29, 1.82) is 5.41 Å². The number of hydrogen-bond donors (Lipinski definition) is 3. The van der Waals surface area contributed by atoms with Crippen LogP contribution in [0.5, 0.6) is 5.75 Å². The highest BCUT2D eigenvalue weighted by Gasteiger charge is 2.24. The van der Waals surface area contributed by atoms with Gasteiger partial charge >= 0.3 is 11.9 Å². The van der Waals surface area contributed by atoms with Crippen molar-refractivity contribution < 1.29 is 27.9 Å². The minimum Gasteiger partial charge on any atom is -0.481 e. The van der Waals surface area contributed by atoms with Crippen LogP contribution in [-0.4, -0.2) is 36.9 Å². The molecule has 8 nitrogen and oxygen atoms in total. The first-order valence-electron chi connectivity index (χ1n) is 11.2. The number of carboxylic acids is 1. The van der Waals surface area contributed by atoms with Gasteiger partial charge in [0.1, 0.15) is 5.75 Å². The minimum atomic E-state index is -3.78. The highest BCUT2D eigenvalue weighted by molar-refractivity contribution is 7.89. The third kappa shape index (κ3) is 9.44. The molecule has 2 aromatic carbocycles. The number of rotatable bonds is 14. The summed E-state index contributed by atoms with van der Waals surface area (Å²) >= 11 is 0. The summed E-state index contributed by atoms with van der Waals surface area (Å²) in [6.45, 7) is 3.57. The van der Waals surface area contributed by atoms with Crippen molar-refractivity contribution in [3.8, 4) is 5.75 Å². The van der Waals surface area contributed by atoms with E-state index in [0.29, 0.717) is 23.4 Å². The molecular weight excluding hydrogens is 456 g/mol. The molecule has 0 saturated carbocycles. The van der Waals surface area contributed by atoms with Crippen LogP contribution in [-0.2, 0) is 19.6 Å². The lowest BCUT2D eigenvalue weighted by Crippen LogP contribution is -2.33. The molecule has 2 atom stereocenters. The van der Waals surface area contributed by atoms with Crippen molar-refractivity contribution in [3.05, 3.63) is 65.7 Å². The monoisotopic (exact) mass is 488 g/mol. The van der Waals surface area contributed by atoms with Crippen LogP contribution in [0.25, 0.3) is 0 Å². The molecular formula is C25H32N2O6S. The van der Waals surface area contributed by atoms with E-state index in [9.17, 15) is 18.0 Å². The van der Waals surface area contributed by atoms with Crippen molar-refractivity contribution in [2.24, 2.45) is 5.92 Å². The number of carbonyl (C=O) groups excluding carboxylic acids is 1. The average Bonchev–Trinajstić information content (AvgIpc) is 2.77. The molecule has 2 aromatic rings. The van der Waals surface area contributed by atoms with Crippen molar-refractivity contribution in [2.75, 3.05) is 5.75 Å². The standard InChI is InChI=1S/C25H32N2O6S/c1-3-7-22(26)19-10-12-21(13-11-19)33-25(30)15-14-23(20-8-5-4-6-9-20)27-34(31,32)17-18(2)16-24(28)29/h4-6,8-13,18,23,26-27H,3,7,14-17H2,1-2H3,(H,28,29). The first-order valence-corrected chi connectivity index (χ1v) is 12.9. The summed E-state index contributed by atoms with van der Waals surface area (Å²) in [6.07, 6.45) is 1.44. The van der Waals surface area contributed by atoms with Gasteiger partial charge in [-0.2, -0.15) is 0 Å². The lowest BCUT2D eigenvalue weighted by atomic mass is 10.0. The highest BCUT2D eigenvalue weighted by atomic mass is 32.2. The van der Waals surface area contributed by atoms with Gasteiger partial charge in [-0.3, -0.25) is 9.59 Å². The normalized spacial score (nSPS) is 13.1. The predicted molar refractivity (Wildman–Crippen MR) is 131 cm³/mol. The topological polar surface area (TPSA) is 134 Å². The first-order chi connectivity index (χ1) is 16.1. The summed E-state index contributed by atoms with van der Waals surface area (Å²) in [7, 11) is -3.78. The van der Waals surface area contributed by atoms with E-state index in [4.69, 9.17) is 15.3 Å². The van der Waals surface area contributed by atoms with E-state index in [1.165, 1.54) is 0 Å². The molecule has 34 heavy (non-hydrogen) atoms. The Morgan fingerprint density at radius 3 is 2.29 bits per heavy atom. The molecule has 0 fully saturated rings. The van der Waals surface area contributed by atoms with Crippen molar-refractivity contribution in [1.82, 2.24) is 4.72 Å². The molecule has 0 radical (unpaired) electrons. The van der Waals surface area contributed by atoms with Gasteiger partial charge in [0, 0.05) is 24.6 Å². The predicted octanol–water partition coefficient (Wildman–Crippen LogP) is 4.31. The summed E-state index contributed by atoms with van der Waals surface area (Å²) in [5, 5.41) is 16.9. The average molecular weight is 489 g/mol. The van der Waals surface area contributed by atoms with E-state index in [2.05, 4.69) is 4.72 Å². The quantitative estimate of drug-likeness (QED) is 0.206. The zero-order valence-electron chi connectivity index (χ0n) is 19.5. The number of ether oxygens (including phenoxy) is 1. The Labute approximate surface area is 200 Å². The van der Waals surface area contributed by atoms with Crippen LogP contribution < -0.4 is 9.46 Å². The van der Waals surface area contributed by atoms with E-state index >= 15 is 0 Å². The van der Waals surface area contributed by atoms with Crippen LogP contribution in [0.1, 0.15) is 63.1 Å². The van der Waals surface area contributed by atoms with E-state index in [-0.39, 0.29) is 25.0 Å². The molecule has 0 aliphatic rings. The number of benzene rings is 2. The number of carbonyl (C=O) groups is 2. The van der Waals surface area contributed by atoms with Crippen LogP contribution in [0.15, 0.2) is 54.6 Å². The molecule has 0 spiro atoms. The molecule has 184 valence electrons. The molecule has 0 saturated heterocycles. The van der Waals surface area contributed by atoms with Gasteiger partial charge in [0.2, 0.25) is 10.0 Å². The lowest BCUT2D eigenvalue weighted by Gasteiger charge is -2.20. The van der Waals surface area contributed by atoms with Gasteiger partial charge in [0.05, 0.1) is 5.75 Å². The van der Waals surface area contributed by atoms with Gasteiger partial charge < -0.3 is 15.3 Å². The number of carboxylic acid groups (broad SMARTS) is 1. The second-order valence-corrected chi connectivity index (χ2v) is 10.1. The second-order valence-electron chi connectivity index (χ2n) is 8.33. The summed E-state index contributed by atoms with van der Waals surface area (Å²) in [4.78, 5) is 23.3. The van der Waals surface area contributed by atoms with E-state index in [1.807, 2.05) is 13.0 Å². The van der Waals surface area contributed by atoms with Gasteiger partial charge in [-0.1, -0.05) is 50.6 Å². The molecule has 2 rings (SSSR count). The smallest absolute Gasteiger partial charge is 0.311 e. The van der Waals surface area contributed by atoms with Crippen LogP contribution in [0.2, 0.25) is 0 Å². The van der Waals surface area contributed by atoms with Crippen LogP contribution >= 0.6 is 0 Å². The molecule has 0 bridgehead atoms. The maximum Gasteiger partial charge on any atom is 0.311 e. The zero-order valence-corrected chi connectivity index (χ0v) is 20.3. The molecule has 9 heteroatoms. The van der Waals surface area contributed by atoms with E-state index in [0.717, 1.165) is 12.0 Å². The maximum absolute atomic E-state index is 12.6. The first kappa shape index (κ1) is 27.2.